The predicted molar refractivity (Wildman–Crippen MR) is 38.3 cm³/mol. The summed E-state index contributed by atoms with van der Waals surface area (Å²) in [7, 11) is 0. The van der Waals surface area contributed by atoms with Crippen LogP contribution in [0.2, 0.25) is 0 Å². The molecule has 0 atom stereocenters. The first kappa shape index (κ1) is 6.74. The van der Waals surface area contributed by atoms with Crippen molar-refractivity contribution in [2.75, 3.05) is 0 Å². The molecule has 1 aromatic rings. The number of nitrogens with zero attached hydrogens (tertiary/aromatic N) is 1. The van der Waals surface area contributed by atoms with Crippen molar-refractivity contribution in [2.45, 2.75) is 6.92 Å². The number of hydrogen-bond donors (Lipinski definition) is 1. The summed E-state index contributed by atoms with van der Waals surface area (Å²) in [4.78, 5) is 9.91. The Bertz CT molecular complexity index is 258. The topological polar surface area (TPSA) is 49.7 Å². The van der Waals surface area contributed by atoms with Crippen molar-refractivity contribution in [3.05, 3.63) is 28.7 Å². The predicted octanol–water partition coefficient (Wildman–Crippen LogP) is 2.10. The Morgan fingerprint density at radius 1 is 1.50 bits per heavy atom. The second kappa shape index (κ2) is 2.47. The zero-order valence-electron chi connectivity index (χ0n) is 5.53. The molecule has 3 nitrogen and oxygen atoms in total. The zero-order chi connectivity index (χ0) is 7.56. The first-order chi connectivity index (χ1) is 4.74. The fourth-order valence-electron chi connectivity index (χ4n) is 0.655. The van der Waals surface area contributed by atoms with E-state index in [4.69, 9.17) is 5.11 Å². The molecule has 3 heteroatoms. The standard InChI is InChI=1S/C7H7NO2/c1-5-2-3-6(8-10)4-7(5)9/h2-4,9H,1H3. The van der Waals surface area contributed by atoms with Gasteiger partial charge in [-0.2, -0.15) is 0 Å². The van der Waals surface area contributed by atoms with Gasteiger partial charge in [0, 0.05) is 6.07 Å². The van der Waals surface area contributed by atoms with Gasteiger partial charge in [-0.25, -0.2) is 0 Å². The van der Waals surface area contributed by atoms with Crippen LogP contribution in [0.5, 0.6) is 5.75 Å². The lowest BCUT2D eigenvalue weighted by Gasteiger charge is -1.95. The van der Waals surface area contributed by atoms with E-state index in [0.717, 1.165) is 5.56 Å². The Labute approximate surface area is 58.3 Å². The third-order valence-corrected chi connectivity index (χ3v) is 1.30. The second-order valence-corrected chi connectivity index (χ2v) is 2.06. The van der Waals surface area contributed by atoms with Crippen LogP contribution in [0.1, 0.15) is 5.56 Å². The van der Waals surface area contributed by atoms with Crippen LogP contribution in [0.15, 0.2) is 23.4 Å². The van der Waals surface area contributed by atoms with Gasteiger partial charge in [0.15, 0.2) is 0 Å². The molecule has 0 aliphatic heterocycles. The molecule has 0 saturated carbocycles. The number of rotatable bonds is 1. The molecule has 10 heavy (non-hydrogen) atoms. The number of nitroso groups, excluding NO2 is 1. The minimum Gasteiger partial charge on any atom is -0.508 e. The lowest BCUT2D eigenvalue weighted by molar-refractivity contribution is 0.471. The average molecular weight is 137 g/mol. The van der Waals surface area contributed by atoms with E-state index in [2.05, 4.69) is 5.18 Å². The van der Waals surface area contributed by atoms with Gasteiger partial charge in [0.05, 0.1) is 0 Å². The lowest BCUT2D eigenvalue weighted by atomic mass is 10.2. The van der Waals surface area contributed by atoms with Gasteiger partial charge in [-0.1, -0.05) is 6.07 Å². The van der Waals surface area contributed by atoms with E-state index < -0.39 is 0 Å². The Kier molecular flexibility index (Phi) is 1.67. The lowest BCUT2D eigenvalue weighted by Crippen LogP contribution is -1.71. The van der Waals surface area contributed by atoms with Gasteiger partial charge in [0.2, 0.25) is 0 Å². The molecule has 1 aromatic carbocycles. The molecule has 0 radical (unpaired) electrons. The summed E-state index contributed by atoms with van der Waals surface area (Å²) >= 11 is 0. The van der Waals surface area contributed by atoms with Crippen LogP contribution in [0.3, 0.4) is 0 Å². The minimum atomic E-state index is 0.108. The Hall–Kier alpha value is -1.38. The summed E-state index contributed by atoms with van der Waals surface area (Å²) in [6, 6.07) is 4.54. The highest BCUT2D eigenvalue weighted by Gasteiger charge is 1.96. The van der Waals surface area contributed by atoms with Crippen LogP contribution in [0, 0.1) is 11.8 Å². The molecule has 0 aliphatic carbocycles. The summed E-state index contributed by atoms with van der Waals surface area (Å²) in [6.07, 6.45) is 0. The molecule has 1 rings (SSSR count). The summed E-state index contributed by atoms with van der Waals surface area (Å²) in [5.74, 6) is 0.108. The molecular weight excluding hydrogens is 130 g/mol. The molecule has 0 amide bonds. The quantitative estimate of drug-likeness (QED) is 0.602. The third-order valence-electron chi connectivity index (χ3n) is 1.30. The number of aromatic hydroxyl groups is 1. The first-order valence-electron chi connectivity index (χ1n) is 2.87. The molecule has 1 N–H and O–H groups in total. The smallest absolute Gasteiger partial charge is 0.120 e. The van der Waals surface area contributed by atoms with Gasteiger partial charge in [-0.05, 0) is 23.7 Å². The van der Waals surface area contributed by atoms with Gasteiger partial charge in [-0.15, -0.1) is 4.91 Å². The Morgan fingerprint density at radius 3 is 2.70 bits per heavy atom. The highest BCUT2D eigenvalue weighted by molar-refractivity contribution is 5.46. The van der Waals surface area contributed by atoms with Gasteiger partial charge in [0.1, 0.15) is 11.4 Å². The zero-order valence-corrected chi connectivity index (χ0v) is 5.53. The third kappa shape index (κ3) is 1.13. The van der Waals surface area contributed by atoms with Crippen LogP contribution in [-0.4, -0.2) is 5.11 Å². The van der Waals surface area contributed by atoms with Crippen LogP contribution in [0.4, 0.5) is 5.69 Å². The van der Waals surface area contributed by atoms with E-state index in [9.17, 15) is 4.91 Å². The molecule has 0 spiro atoms. The van der Waals surface area contributed by atoms with E-state index in [-0.39, 0.29) is 11.4 Å². The van der Waals surface area contributed by atoms with E-state index in [1.54, 1.807) is 19.1 Å². The van der Waals surface area contributed by atoms with Crippen LogP contribution in [0.25, 0.3) is 0 Å². The molecule has 52 valence electrons. The van der Waals surface area contributed by atoms with E-state index >= 15 is 0 Å². The number of hydrogen-bond acceptors (Lipinski definition) is 3. The number of phenolic OH excluding ortho intramolecular Hbond substituents is 1. The van der Waals surface area contributed by atoms with Gasteiger partial charge < -0.3 is 5.11 Å². The molecule has 0 saturated heterocycles. The second-order valence-electron chi connectivity index (χ2n) is 2.06. The van der Waals surface area contributed by atoms with Crippen molar-refractivity contribution in [3.63, 3.8) is 0 Å². The highest BCUT2D eigenvalue weighted by atomic mass is 16.3. The molecule has 0 unspecified atom stereocenters. The molecule has 0 fully saturated rings. The fraction of sp³-hybridized carbons (Fsp3) is 0.143. The largest absolute Gasteiger partial charge is 0.508 e. The first-order valence-corrected chi connectivity index (χ1v) is 2.87. The maximum Gasteiger partial charge on any atom is 0.120 e. The molecular formula is C7H7NO2. The number of benzene rings is 1. The summed E-state index contributed by atoms with van der Waals surface area (Å²) in [6.45, 7) is 1.75. The normalized spacial score (nSPS) is 9.30. The highest BCUT2D eigenvalue weighted by Crippen LogP contribution is 2.22. The van der Waals surface area contributed by atoms with Crippen LogP contribution >= 0.6 is 0 Å². The van der Waals surface area contributed by atoms with Crippen LogP contribution in [-0.2, 0) is 0 Å². The summed E-state index contributed by atoms with van der Waals surface area (Å²) in [5, 5.41) is 11.7. The maximum atomic E-state index is 9.91. The SMILES string of the molecule is Cc1ccc(N=O)cc1O. The Morgan fingerprint density at radius 2 is 2.20 bits per heavy atom. The number of aryl methyl sites for hydroxylation is 1. The molecule has 0 aliphatic rings. The fourth-order valence-corrected chi connectivity index (χ4v) is 0.655. The van der Waals surface area contributed by atoms with Gasteiger partial charge >= 0.3 is 0 Å². The average Bonchev–Trinajstić information content (AvgIpc) is 1.95. The molecule has 0 bridgehead atoms. The van der Waals surface area contributed by atoms with Crippen LogP contribution < -0.4 is 0 Å². The molecule has 0 aromatic heterocycles. The van der Waals surface area contributed by atoms with Crippen molar-refractivity contribution >= 4 is 5.69 Å². The van der Waals surface area contributed by atoms with Gasteiger partial charge in [-0.3, -0.25) is 0 Å². The van der Waals surface area contributed by atoms with E-state index in [0.29, 0.717) is 0 Å². The van der Waals surface area contributed by atoms with Crippen molar-refractivity contribution in [3.8, 4) is 5.75 Å². The van der Waals surface area contributed by atoms with Gasteiger partial charge in [0.25, 0.3) is 0 Å². The minimum absolute atomic E-state index is 0.108. The summed E-state index contributed by atoms with van der Waals surface area (Å²) in [5.41, 5.74) is 0.996. The van der Waals surface area contributed by atoms with E-state index in [1.807, 2.05) is 0 Å². The van der Waals surface area contributed by atoms with Crippen molar-refractivity contribution in [2.24, 2.45) is 5.18 Å². The molecule has 0 heterocycles. The summed E-state index contributed by atoms with van der Waals surface area (Å²) < 4.78 is 0. The van der Waals surface area contributed by atoms with E-state index in [1.165, 1.54) is 6.07 Å². The number of phenols is 1. The van der Waals surface area contributed by atoms with Crippen molar-refractivity contribution in [1.82, 2.24) is 0 Å². The maximum absolute atomic E-state index is 9.91. The van der Waals surface area contributed by atoms with Crippen molar-refractivity contribution < 1.29 is 5.11 Å². The Balaban J connectivity index is 3.16. The van der Waals surface area contributed by atoms with Crippen molar-refractivity contribution in [1.29, 1.82) is 0 Å². The monoisotopic (exact) mass is 137 g/mol.